The Morgan fingerprint density at radius 1 is 1.00 bits per heavy atom. The van der Waals surface area contributed by atoms with Gasteiger partial charge in [0.1, 0.15) is 0 Å². The largest absolute Gasteiger partial charge is 0.345 e. The van der Waals surface area contributed by atoms with Gasteiger partial charge in [-0.3, -0.25) is 4.79 Å². The monoisotopic (exact) mass is 388 g/mol. The molecule has 0 radical (unpaired) electrons. The van der Waals surface area contributed by atoms with Gasteiger partial charge in [-0.1, -0.05) is 36.8 Å². The molecule has 1 unspecified atom stereocenters. The van der Waals surface area contributed by atoms with Crippen LogP contribution < -0.4 is 10.0 Å². The van der Waals surface area contributed by atoms with Gasteiger partial charge in [0.2, 0.25) is 10.0 Å². The lowest BCUT2D eigenvalue weighted by molar-refractivity contribution is 0.0935. The molecule has 0 bridgehead atoms. The van der Waals surface area contributed by atoms with Crippen molar-refractivity contribution in [2.75, 3.05) is 0 Å². The van der Waals surface area contributed by atoms with E-state index in [0.717, 1.165) is 12.0 Å². The number of hydrogen-bond donors (Lipinski definition) is 2. The molecule has 0 aliphatic carbocycles. The topological polar surface area (TPSA) is 75.3 Å². The van der Waals surface area contributed by atoms with Crippen molar-refractivity contribution < 1.29 is 13.2 Å². The van der Waals surface area contributed by atoms with Gasteiger partial charge < -0.3 is 5.32 Å². The van der Waals surface area contributed by atoms with Crippen LogP contribution in [0.5, 0.6) is 0 Å². The molecule has 5 nitrogen and oxygen atoms in total. The molecule has 1 amide bonds. The molecule has 27 heavy (non-hydrogen) atoms. The smallest absolute Gasteiger partial charge is 0.251 e. The summed E-state index contributed by atoms with van der Waals surface area (Å²) in [6, 6.07) is 13.9. The summed E-state index contributed by atoms with van der Waals surface area (Å²) >= 11 is 0. The van der Waals surface area contributed by atoms with Crippen molar-refractivity contribution in [3.63, 3.8) is 0 Å². The van der Waals surface area contributed by atoms with E-state index < -0.39 is 15.6 Å². The Labute approximate surface area is 162 Å². The second-order valence-electron chi connectivity index (χ2n) is 7.72. The fourth-order valence-electron chi connectivity index (χ4n) is 2.71. The minimum atomic E-state index is -3.62. The molecule has 2 aromatic rings. The summed E-state index contributed by atoms with van der Waals surface area (Å²) in [5.74, 6) is -0.227. The van der Waals surface area contributed by atoms with E-state index in [1.54, 1.807) is 20.8 Å². The van der Waals surface area contributed by atoms with Gasteiger partial charge in [-0.15, -0.1) is 0 Å². The molecule has 146 valence electrons. The van der Waals surface area contributed by atoms with Crippen molar-refractivity contribution >= 4 is 15.9 Å². The van der Waals surface area contributed by atoms with Gasteiger partial charge in [-0.25, -0.2) is 13.1 Å². The molecule has 0 aromatic heterocycles. The number of sulfonamides is 1. The zero-order chi connectivity index (χ0) is 20.2. The van der Waals surface area contributed by atoms with Gasteiger partial charge in [0.05, 0.1) is 10.9 Å². The fraction of sp³-hybridized carbons (Fsp3) is 0.381. The molecular formula is C21H28N2O3S. The Kier molecular flexibility index (Phi) is 6.44. The number of rotatable bonds is 6. The zero-order valence-corrected chi connectivity index (χ0v) is 17.4. The lowest BCUT2D eigenvalue weighted by atomic mass is 10.0. The average molecular weight is 389 g/mol. The third-order valence-electron chi connectivity index (χ3n) is 4.06. The molecule has 1 atom stereocenters. The van der Waals surface area contributed by atoms with Crippen molar-refractivity contribution in [1.29, 1.82) is 0 Å². The Balaban J connectivity index is 2.14. The first-order chi connectivity index (χ1) is 12.5. The molecule has 0 saturated carbocycles. The first kappa shape index (κ1) is 21.1. The van der Waals surface area contributed by atoms with Crippen molar-refractivity contribution in [2.24, 2.45) is 0 Å². The fourth-order valence-corrected chi connectivity index (χ4v) is 4.13. The third kappa shape index (κ3) is 5.91. The summed E-state index contributed by atoms with van der Waals surface area (Å²) in [6.07, 6.45) is 0.761. The van der Waals surface area contributed by atoms with Crippen LogP contribution in [0.3, 0.4) is 0 Å². The predicted molar refractivity (Wildman–Crippen MR) is 108 cm³/mol. The molecule has 0 heterocycles. The van der Waals surface area contributed by atoms with E-state index in [4.69, 9.17) is 0 Å². The molecule has 0 aliphatic heterocycles. The molecular weight excluding hydrogens is 360 g/mol. The highest BCUT2D eigenvalue weighted by atomic mass is 32.2. The summed E-state index contributed by atoms with van der Waals surface area (Å²) in [7, 11) is -3.62. The van der Waals surface area contributed by atoms with Gasteiger partial charge in [0.15, 0.2) is 0 Å². The van der Waals surface area contributed by atoms with Crippen LogP contribution in [0.25, 0.3) is 0 Å². The first-order valence-electron chi connectivity index (χ1n) is 9.03. The molecule has 6 heteroatoms. The number of carbonyl (C=O) groups excluding carboxylic acids is 1. The Morgan fingerprint density at radius 3 is 2.04 bits per heavy atom. The van der Waals surface area contributed by atoms with Crippen molar-refractivity contribution in [3.05, 3.63) is 65.2 Å². The predicted octanol–water partition coefficient (Wildman–Crippen LogP) is 3.95. The molecule has 0 aliphatic rings. The van der Waals surface area contributed by atoms with Crippen LogP contribution in [0.4, 0.5) is 0 Å². The van der Waals surface area contributed by atoms with Crippen LogP contribution in [0.1, 0.15) is 61.6 Å². The van der Waals surface area contributed by atoms with E-state index in [0.29, 0.717) is 5.56 Å². The van der Waals surface area contributed by atoms with E-state index in [9.17, 15) is 13.2 Å². The second-order valence-corrected chi connectivity index (χ2v) is 9.41. The van der Waals surface area contributed by atoms with Crippen LogP contribution in [-0.2, 0) is 10.0 Å². The standard InChI is InChI=1S/C21H28N2O3S/c1-6-19(16-9-7-15(2)8-10-16)22-20(24)17-11-13-18(14-12-17)27(25,26)23-21(3,4)5/h7-14,19,23H,6H2,1-5H3,(H,22,24). The van der Waals surface area contributed by atoms with Crippen molar-refractivity contribution in [2.45, 2.75) is 57.5 Å². The van der Waals surface area contributed by atoms with E-state index >= 15 is 0 Å². The van der Waals surface area contributed by atoms with E-state index in [1.165, 1.54) is 29.8 Å². The lowest BCUT2D eigenvalue weighted by Crippen LogP contribution is -2.40. The number of carbonyl (C=O) groups is 1. The Hall–Kier alpha value is -2.18. The second kappa shape index (κ2) is 8.23. The molecule has 2 rings (SSSR count). The zero-order valence-electron chi connectivity index (χ0n) is 16.5. The van der Waals surface area contributed by atoms with Crippen LogP contribution in [0.15, 0.2) is 53.4 Å². The van der Waals surface area contributed by atoms with Gasteiger partial charge in [-0.2, -0.15) is 0 Å². The first-order valence-corrected chi connectivity index (χ1v) is 10.5. The van der Waals surface area contributed by atoms with Crippen LogP contribution in [0.2, 0.25) is 0 Å². The number of nitrogens with one attached hydrogen (secondary N) is 2. The van der Waals surface area contributed by atoms with Crippen LogP contribution >= 0.6 is 0 Å². The average Bonchev–Trinajstić information content (AvgIpc) is 2.58. The highest BCUT2D eigenvalue weighted by Crippen LogP contribution is 2.19. The number of benzene rings is 2. The van der Waals surface area contributed by atoms with Gasteiger partial charge in [0, 0.05) is 11.1 Å². The van der Waals surface area contributed by atoms with Crippen molar-refractivity contribution in [3.8, 4) is 0 Å². The highest BCUT2D eigenvalue weighted by molar-refractivity contribution is 7.89. The third-order valence-corrected chi connectivity index (χ3v) is 5.83. The summed E-state index contributed by atoms with van der Waals surface area (Å²) in [6.45, 7) is 9.37. The summed E-state index contributed by atoms with van der Waals surface area (Å²) in [5.41, 5.74) is 2.07. The number of amides is 1. The van der Waals surface area contributed by atoms with Gasteiger partial charge in [0.25, 0.3) is 5.91 Å². The summed E-state index contributed by atoms with van der Waals surface area (Å²) in [5, 5.41) is 3.01. The maximum atomic E-state index is 12.6. The minimum absolute atomic E-state index is 0.0935. The maximum absolute atomic E-state index is 12.6. The van der Waals surface area contributed by atoms with E-state index in [2.05, 4.69) is 10.0 Å². The quantitative estimate of drug-likeness (QED) is 0.787. The SMILES string of the molecule is CCC(NC(=O)c1ccc(S(=O)(=O)NC(C)(C)C)cc1)c1ccc(C)cc1. The van der Waals surface area contributed by atoms with Crippen LogP contribution in [0, 0.1) is 6.92 Å². The molecule has 0 spiro atoms. The van der Waals surface area contributed by atoms with E-state index in [-0.39, 0.29) is 16.8 Å². The minimum Gasteiger partial charge on any atom is -0.345 e. The highest BCUT2D eigenvalue weighted by Gasteiger charge is 2.22. The molecule has 2 N–H and O–H groups in total. The van der Waals surface area contributed by atoms with Gasteiger partial charge >= 0.3 is 0 Å². The number of aryl methyl sites for hydroxylation is 1. The lowest BCUT2D eigenvalue weighted by Gasteiger charge is -2.20. The Morgan fingerprint density at radius 2 is 1.56 bits per heavy atom. The van der Waals surface area contributed by atoms with Crippen molar-refractivity contribution in [1.82, 2.24) is 10.0 Å². The van der Waals surface area contributed by atoms with Crippen LogP contribution in [-0.4, -0.2) is 19.9 Å². The molecule has 0 fully saturated rings. The van der Waals surface area contributed by atoms with Gasteiger partial charge in [-0.05, 0) is 63.9 Å². The Bertz CT molecular complexity index is 881. The summed E-state index contributed by atoms with van der Waals surface area (Å²) < 4.78 is 27.3. The normalized spacial score (nSPS) is 13.2. The summed E-state index contributed by atoms with van der Waals surface area (Å²) in [4.78, 5) is 12.7. The molecule has 0 saturated heterocycles. The van der Waals surface area contributed by atoms with E-state index in [1.807, 2.05) is 38.1 Å². The maximum Gasteiger partial charge on any atom is 0.251 e. The number of hydrogen-bond acceptors (Lipinski definition) is 3. The molecule has 2 aromatic carbocycles.